The van der Waals surface area contributed by atoms with Crippen molar-refractivity contribution in [2.24, 2.45) is 5.92 Å². The molecule has 0 saturated heterocycles. The van der Waals surface area contributed by atoms with Crippen LogP contribution in [0.1, 0.15) is 24.5 Å². The molecule has 32 heavy (non-hydrogen) atoms. The third-order valence-electron chi connectivity index (χ3n) is 4.92. The van der Waals surface area contributed by atoms with Gasteiger partial charge in [-0.25, -0.2) is 13.1 Å². The fourth-order valence-corrected chi connectivity index (χ4v) is 4.80. The summed E-state index contributed by atoms with van der Waals surface area (Å²) in [5.41, 5.74) is 1.03. The summed E-state index contributed by atoms with van der Waals surface area (Å²) in [6, 6.07) is 8.75. The maximum atomic E-state index is 12.7. The van der Waals surface area contributed by atoms with Gasteiger partial charge in [-0.2, -0.15) is 0 Å². The first-order valence-electron chi connectivity index (χ1n) is 9.57. The van der Waals surface area contributed by atoms with Gasteiger partial charge in [-0.1, -0.05) is 29.8 Å². The number of benzene rings is 2. The Morgan fingerprint density at radius 1 is 1.22 bits per heavy atom. The van der Waals surface area contributed by atoms with E-state index >= 15 is 0 Å². The molecule has 0 radical (unpaired) electrons. The second-order valence-electron chi connectivity index (χ2n) is 7.23. The number of nitro benzene ring substituents is 1. The standard InChI is InChI=1S/C21H23ClN2O7S/c1-13-10-17(22)9-8-15(13)11-16(21(26)31-3)12-19(25)14(2)23-32(29,30)20-7-5-4-6-18(20)24(27)28/h4-10,14,16,23H,11-12H2,1-3H3/t14-,16+/m0/s1. The minimum atomic E-state index is -4.36. The highest BCUT2D eigenvalue weighted by atomic mass is 35.5. The molecule has 1 N–H and O–H groups in total. The molecule has 0 saturated carbocycles. The number of carbonyl (C=O) groups excluding carboxylic acids is 2. The summed E-state index contributed by atoms with van der Waals surface area (Å²) in [5, 5.41) is 11.7. The number of ketones is 1. The van der Waals surface area contributed by atoms with Crippen molar-refractivity contribution in [3.63, 3.8) is 0 Å². The summed E-state index contributed by atoms with van der Waals surface area (Å²) in [7, 11) is -3.15. The zero-order valence-corrected chi connectivity index (χ0v) is 19.3. The van der Waals surface area contributed by atoms with E-state index in [1.54, 1.807) is 18.2 Å². The van der Waals surface area contributed by atoms with Crippen LogP contribution < -0.4 is 4.72 Å². The van der Waals surface area contributed by atoms with E-state index in [0.717, 1.165) is 23.3 Å². The summed E-state index contributed by atoms with van der Waals surface area (Å²) < 4.78 is 32.3. The smallest absolute Gasteiger partial charge is 0.309 e. The Labute approximate surface area is 190 Å². The first kappa shape index (κ1) is 25.4. The number of esters is 1. The van der Waals surface area contributed by atoms with E-state index < -0.39 is 49.2 Å². The Morgan fingerprint density at radius 2 is 1.88 bits per heavy atom. The van der Waals surface area contributed by atoms with Gasteiger partial charge in [0.05, 0.1) is 24.0 Å². The normalized spacial score (nSPS) is 13.2. The largest absolute Gasteiger partial charge is 0.469 e. The molecule has 11 heteroatoms. The van der Waals surface area contributed by atoms with Crippen LogP contribution in [0.2, 0.25) is 5.02 Å². The molecule has 172 valence electrons. The molecule has 2 atom stereocenters. The van der Waals surface area contributed by atoms with Crippen molar-refractivity contribution in [1.29, 1.82) is 0 Å². The van der Waals surface area contributed by atoms with Crippen LogP contribution in [0.4, 0.5) is 5.69 Å². The van der Waals surface area contributed by atoms with Crippen molar-refractivity contribution < 1.29 is 27.7 Å². The van der Waals surface area contributed by atoms with Crippen LogP contribution in [-0.2, 0) is 30.8 Å². The topological polar surface area (TPSA) is 133 Å². The highest BCUT2D eigenvalue weighted by molar-refractivity contribution is 7.89. The summed E-state index contributed by atoms with van der Waals surface area (Å²) in [5.74, 6) is -2.01. The molecular weight excluding hydrogens is 460 g/mol. The van der Waals surface area contributed by atoms with Gasteiger partial charge in [0.25, 0.3) is 5.69 Å². The number of methoxy groups -OCH3 is 1. The molecule has 0 unspecified atom stereocenters. The van der Waals surface area contributed by atoms with Crippen LogP contribution in [0.5, 0.6) is 0 Å². The molecule has 0 bridgehead atoms. The fraction of sp³-hybridized carbons (Fsp3) is 0.333. The molecule has 0 aromatic heterocycles. The number of hydrogen-bond acceptors (Lipinski definition) is 7. The summed E-state index contributed by atoms with van der Waals surface area (Å²) in [6.45, 7) is 3.14. The van der Waals surface area contributed by atoms with Gasteiger partial charge in [0.2, 0.25) is 10.0 Å². The highest BCUT2D eigenvalue weighted by Crippen LogP contribution is 2.24. The second-order valence-corrected chi connectivity index (χ2v) is 9.35. The first-order chi connectivity index (χ1) is 15.0. The minimum absolute atomic E-state index is 0.199. The number of nitro groups is 1. The van der Waals surface area contributed by atoms with Crippen molar-refractivity contribution in [2.45, 2.75) is 37.6 Å². The third kappa shape index (κ3) is 6.35. The molecule has 2 aromatic carbocycles. The molecule has 9 nitrogen and oxygen atoms in total. The van der Waals surface area contributed by atoms with Crippen LogP contribution in [0.25, 0.3) is 0 Å². The minimum Gasteiger partial charge on any atom is -0.469 e. The van der Waals surface area contributed by atoms with Gasteiger partial charge in [-0.15, -0.1) is 0 Å². The van der Waals surface area contributed by atoms with Crippen LogP contribution >= 0.6 is 11.6 Å². The molecule has 0 aliphatic heterocycles. The van der Waals surface area contributed by atoms with E-state index in [1.807, 2.05) is 6.92 Å². The Kier molecular flexibility index (Phi) is 8.48. The highest BCUT2D eigenvalue weighted by Gasteiger charge is 2.31. The van der Waals surface area contributed by atoms with Crippen LogP contribution in [0, 0.1) is 23.0 Å². The lowest BCUT2D eigenvalue weighted by molar-refractivity contribution is -0.387. The number of sulfonamides is 1. The van der Waals surface area contributed by atoms with Crippen LogP contribution in [-0.4, -0.2) is 38.2 Å². The number of aryl methyl sites for hydroxylation is 1. The quantitative estimate of drug-likeness (QED) is 0.312. The fourth-order valence-electron chi connectivity index (χ4n) is 3.18. The van der Waals surface area contributed by atoms with Gasteiger partial charge in [-0.3, -0.25) is 19.7 Å². The zero-order chi connectivity index (χ0) is 24.1. The van der Waals surface area contributed by atoms with E-state index in [9.17, 15) is 28.1 Å². The SMILES string of the molecule is COC(=O)[C@@H](CC(=O)[C@H](C)NS(=O)(=O)c1ccccc1[N+](=O)[O-])Cc1ccc(Cl)cc1C. The number of nitrogens with one attached hydrogen (secondary N) is 1. The average molecular weight is 483 g/mol. The zero-order valence-electron chi connectivity index (χ0n) is 17.7. The molecule has 0 heterocycles. The van der Waals surface area contributed by atoms with Gasteiger partial charge in [0.15, 0.2) is 10.7 Å². The molecule has 0 spiro atoms. The lowest BCUT2D eigenvalue weighted by atomic mass is 9.91. The van der Waals surface area contributed by atoms with Crippen molar-refractivity contribution in [3.05, 3.63) is 68.7 Å². The summed E-state index contributed by atoms with van der Waals surface area (Å²) in [6.07, 6.45) is -0.0830. The maximum absolute atomic E-state index is 12.7. The number of halogens is 1. The first-order valence-corrected chi connectivity index (χ1v) is 11.4. The van der Waals surface area contributed by atoms with Gasteiger partial charge in [0, 0.05) is 17.5 Å². The number of nitrogens with zero attached hydrogens (tertiary/aromatic N) is 1. The van der Waals surface area contributed by atoms with E-state index in [1.165, 1.54) is 26.2 Å². The molecule has 2 aromatic rings. The predicted molar refractivity (Wildman–Crippen MR) is 118 cm³/mol. The molecule has 0 amide bonds. The average Bonchev–Trinajstić information content (AvgIpc) is 2.73. The van der Waals surface area contributed by atoms with E-state index in [4.69, 9.17) is 16.3 Å². The Morgan fingerprint density at radius 3 is 2.47 bits per heavy atom. The number of ether oxygens (including phenoxy) is 1. The summed E-state index contributed by atoms with van der Waals surface area (Å²) >= 11 is 5.96. The molecule has 0 fully saturated rings. The lowest BCUT2D eigenvalue weighted by Gasteiger charge is -2.19. The maximum Gasteiger partial charge on any atom is 0.309 e. The van der Waals surface area contributed by atoms with E-state index in [0.29, 0.717) is 5.02 Å². The number of rotatable bonds is 10. The lowest BCUT2D eigenvalue weighted by Crippen LogP contribution is -2.40. The Balaban J connectivity index is 2.19. The van der Waals surface area contributed by atoms with E-state index in [2.05, 4.69) is 4.72 Å². The van der Waals surface area contributed by atoms with Crippen LogP contribution in [0.3, 0.4) is 0 Å². The Hall–Kier alpha value is -2.82. The predicted octanol–water partition coefficient (Wildman–Crippen LogP) is 3.21. The van der Waals surface area contributed by atoms with Gasteiger partial charge in [0.1, 0.15) is 0 Å². The van der Waals surface area contributed by atoms with Crippen molar-refractivity contribution in [3.8, 4) is 0 Å². The number of para-hydroxylation sites is 1. The third-order valence-corrected chi connectivity index (χ3v) is 6.74. The van der Waals surface area contributed by atoms with Gasteiger partial charge in [-0.05, 0) is 49.6 Å². The monoisotopic (exact) mass is 482 g/mol. The second kappa shape index (κ2) is 10.7. The number of Topliss-reactive ketones (excluding diaryl/α,β-unsaturated/α-hetero) is 1. The van der Waals surface area contributed by atoms with Crippen LogP contribution in [0.15, 0.2) is 47.4 Å². The van der Waals surface area contributed by atoms with Gasteiger partial charge >= 0.3 is 5.97 Å². The Bertz CT molecular complexity index is 1130. The van der Waals surface area contributed by atoms with Crippen molar-refractivity contribution in [1.82, 2.24) is 4.72 Å². The number of hydrogen-bond donors (Lipinski definition) is 1. The van der Waals surface area contributed by atoms with Crippen molar-refractivity contribution in [2.75, 3.05) is 7.11 Å². The van der Waals surface area contributed by atoms with E-state index in [-0.39, 0.29) is 12.8 Å². The molecular formula is C21H23ClN2O7S. The summed E-state index contributed by atoms with van der Waals surface area (Å²) in [4.78, 5) is 34.8. The molecule has 2 rings (SSSR count). The molecule has 0 aliphatic carbocycles. The molecule has 0 aliphatic rings. The van der Waals surface area contributed by atoms with Crippen molar-refractivity contribution >= 4 is 39.1 Å². The number of carbonyl (C=O) groups is 2. The van der Waals surface area contributed by atoms with Gasteiger partial charge < -0.3 is 4.74 Å².